The number of esters is 1. The molecule has 0 spiro atoms. The Labute approximate surface area is 176 Å². The van der Waals surface area contributed by atoms with Crippen molar-refractivity contribution in [2.45, 2.75) is 40.3 Å². The maximum atomic E-state index is 12.4. The minimum absolute atomic E-state index is 0.182. The maximum Gasteiger partial charge on any atom is 0.312 e. The Morgan fingerprint density at radius 3 is 2.70 bits per heavy atom. The number of imidazole rings is 1. The van der Waals surface area contributed by atoms with Crippen LogP contribution in [0.5, 0.6) is 0 Å². The van der Waals surface area contributed by atoms with Gasteiger partial charge in [0.2, 0.25) is 0 Å². The molecule has 4 aromatic rings. The van der Waals surface area contributed by atoms with Gasteiger partial charge in [-0.3, -0.25) is 9.48 Å². The molecule has 30 heavy (non-hydrogen) atoms. The number of nitrogens with zero attached hydrogens (tertiary/aromatic N) is 4. The lowest BCUT2D eigenvalue weighted by Crippen LogP contribution is -2.11. The number of hydrogen-bond donors (Lipinski definition) is 0. The van der Waals surface area contributed by atoms with Gasteiger partial charge in [-0.25, -0.2) is 4.98 Å². The predicted molar refractivity (Wildman–Crippen MR) is 117 cm³/mol. The van der Waals surface area contributed by atoms with Crippen molar-refractivity contribution < 1.29 is 9.53 Å². The van der Waals surface area contributed by atoms with Crippen LogP contribution in [0.25, 0.3) is 22.3 Å². The van der Waals surface area contributed by atoms with E-state index >= 15 is 0 Å². The quantitative estimate of drug-likeness (QED) is 0.450. The molecule has 0 aliphatic heterocycles. The zero-order valence-corrected chi connectivity index (χ0v) is 17.8. The summed E-state index contributed by atoms with van der Waals surface area (Å²) in [7, 11) is 1.85. The van der Waals surface area contributed by atoms with E-state index in [1.165, 1.54) is 11.1 Å². The second-order valence-corrected chi connectivity index (χ2v) is 7.65. The van der Waals surface area contributed by atoms with Gasteiger partial charge in [-0.05, 0) is 50.1 Å². The highest BCUT2D eigenvalue weighted by Crippen LogP contribution is 2.24. The van der Waals surface area contributed by atoms with Crippen molar-refractivity contribution >= 4 is 17.0 Å². The number of fused-ring (bicyclic) bond motifs is 1. The maximum absolute atomic E-state index is 12.4. The van der Waals surface area contributed by atoms with Crippen molar-refractivity contribution in [2.75, 3.05) is 0 Å². The van der Waals surface area contributed by atoms with Gasteiger partial charge in [-0.1, -0.05) is 29.8 Å². The third kappa shape index (κ3) is 3.99. The third-order valence-electron chi connectivity index (χ3n) is 5.39. The zero-order chi connectivity index (χ0) is 21.3. The standard InChI is InChI=1S/C24H26N4O2/c1-5-28-15-25-22-11-18(7-9-23(22)28)14-30-24(29)13-19-12-21(26-27(19)4)20-8-6-16(2)10-17(20)3/h6-12,15H,5,13-14H2,1-4H3. The fourth-order valence-corrected chi connectivity index (χ4v) is 3.72. The molecular formula is C24H26N4O2. The van der Waals surface area contributed by atoms with Crippen LogP contribution in [-0.4, -0.2) is 25.3 Å². The molecule has 0 bridgehead atoms. The summed E-state index contributed by atoms with van der Waals surface area (Å²) in [5.41, 5.74) is 8.09. The number of aryl methyl sites for hydroxylation is 4. The molecule has 6 nitrogen and oxygen atoms in total. The summed E-state index contributed by atoms with van der Waals surface area (Å²) < 4.78 is 9.34. The van der Waals surface area contributed by atoms with E-state index in [2.05, 4.69) is 53.6 Å². The van der Waals surface area contributed by atoms with Crippen molar-refractivity contribution in [3.8, 4) is 11.3 Å². The molecule has 154 valence electrons. The highest BCUT2D eigenvalue weighted by molar-refractivity contribution is 5.76. The van der Waals surface area contributed by atoms with Crippen molar-refractivity contribution in [3.63, 3.8) is 0 Å². The van der Waals surface area contributed by atoms with E-state index in [0.29, 0.717) is 0 Å². The second kappa shape index (κ2) is 8.14. The molecule has 2 aromatic heterocycles. The van der Waals surface area contributed by atoms with Crippen molar-refractivity contribution in [1.29, 1.82) is 0 Å². The Kier molecular flexibility index (Phi) is 5.40. The van der Waals surface area contributed by atoms with Gasteiger partial charge in [0, 0.05) is 24.8 Å². The molecular weight excluding hydrogens is 376 g/mol. The number of carbonyl (C=O) groups is 1. The number of ether oxygens (including phenoxy) is 1. The van der Waals surface area contributed by atoms with E-state index in [1.54, 1.807) is 4.68 Å². The molecule has 0 aliphatic carbocycles. The first-order valence-corrected chi connectivity index (χ1v) is 10.1. The van der Waals surface area contributed by atoms with Crippen LogP contribution in [0.3, 0.4) is 0 Å². The van der Waals surface area contributed by atoms with Crippen LogP contribution in [0.1, 0.15) is 29.3 Å². The summed E-state index contributed by atoms with van der Waals surface area (Å²) in [4.78, 5) is 16.8. The van der Waals surface area contributed by atoms with E-state index in [4.69, 9.17) is 4.74 Å². The largest absolute Gasteiger partial charge is 0.461 e. The molecule has 0 atom stereocenters. The first kappa shape index (κ1) is 19.9. The molecule has 0 radical (unpaired) electrons. The van der Waals surface area contributed by atoms with Gasteiger partial charge in [-0.2, -0.15) is 5.10 Å². The van der Waals surface area contributed by atoms with Crippen LogP contribution in [0, 0.1) is 13.8 Å². The number of rotatable bonds is 6. The van der Waals surface area contributed by atoms with Gasteiger partial charge in [0.15, 0.2) is 0 Å². The summed E-state index contributed by atoms with van der Waals surface area (Å²) in [5, 5.41) is 4.59. The highest BCUT2D eigenvalue weighted by atomic mass is 16.5. The molecule has 0 saturated heterocycles. The summed E-state index contributed by atoms with van der Waals surface area (Å²) in [6, 6.07) is 14.2. The van der Waals surface area contributed by atoms with Gasteiger partial charge in [0.05, 0.1) is 29.5 Å². The molecule has 0 unspecified atom stereocenters. The zero-order valence-electron chi connectivity index (χ0n) is 17.8. The highest BCUT2D eigenvalue weighted by Gasteiger charge is 2.14. The van der Waals surface area contributed by atoms with Crippen molar-refractivity contribution in [3.05, 3.63) is 71.2 Å². The Hall–Kier alpha value is -3.41. The smallest absolute Gasteiger partial charge is 0.312 e. The summed E-state index contributed by atoms with van der Waals surface area (Å²) in [6.07, 6.45) is 2.01. The average molecular weight is 402 g/mol. The van der Waals surface area contributed by atoms with E-state index in [1.807, 2.05) is 37.6 Å². The Morgan fingerprint density at radius 2 is 1.93 bits per heavy atom. The molecule has 0 aliphatic rings. The molecule has 2 heterocycles. The van der Waals surface area contributed by atoms with Crippen LogP contribution >= 0.6 is 0 Å². The summed E-state index contributed by atoms with van der Waals surface area (Å²) >= 11 is 0. The minimum Gasteiger partial charge on any atom is -0.461 e. The molecule has 6 heteroatoms. The van der Waals surface area contributed by atoms with Crippen molar-refractivity contribution in [1.82, 2.24) is 19.3 Å². The van der Waals surface area contributed by atoms with E-state index < -0.39 is 0 Å². The summed E-state index contributed by atoms with van der Waals surface area (Å²) in [6.45, 7) is 7.34. The van der Waals surface area contributed by atoms with E-state index in [9.17, 15) is 4.79 Å². The third-order valence-corrected chi connectivity index (χ3v) is 5.39. The minimum atomic E-state index is -0.274. The number of benzene rings is 2. The SMILES string of the molecule is CCn1cnc2cc(COC(=O)Cc3cc(-c4ccc(C)cc4C)nn3C)ccc21. The van der Waals surface area contributed by atoms with Crippen LogP contribution < -0.4 is 0 Å². The van der Waals surface area contributed by atoms with E-state index in [-0.39, 0.29) is 19.0 Å². The van der Waals surface area contributed by atoms with E-state index in [0.717, 1.165) is 40.1 Å². The normalized spacial score (nSPS) is 11.2. The van der Waals surface area contributed by atoms with Crippen molar-refractivity contribution in [2.24, 2.45) is 7.05 Å². The monoisotopic (exact) mass is 402 g/mol. The van der Waals surface area contributed by atoms with Crippen LogP contribution in [0.4, 0.5) is 0 Å². The van der Waals surface area contributed by atoms with Gasteiger partial charge >= 0.3 is 5.97 Å². The fourth-order valence-electron chi connectivity index (χ4n) is 3.72. The molecule has 0 N–H and O–H groups in total. The Bertz CT molecular complexity index is 1220. The van der Waals surface area contributed by atoms with Crippen LogP contribution in [-0.2, 0) is 36.2 Å². The lowest BCUT2D eigenvalue weighted by atomic mass is 10.0. The van der Waals surface area contributed by atoms with Crippen LogP contribution in [0.15, 0.2) is 48.8 Å². The molecule has 4 rings (SSSR count). The number of hydrogen-bond acceptors (Lipinski definition) is 4. The molecule has 0 amide bonds. The average Bonchev–Trinajstić information content (AvgIpc) is 3.29. The van der Waals surface area contributed by atoms with Gasteiger partial charge in [0.1, 0.15) is 6.61 Å². The lowest BCUT2D eigenvalue weighted by molar-refractivity contribution is -0.144. The molecule has 2 aromatic carbocycles. The second-order valence-electron chi connectivity index (χ2n) is 7.65. The molecule has 0 saturated carbocycles. The summed E-state index contributed by atoms with van der Waals surface area (Å²) in [5.74, 6) is -0.274. The first-order chi connectivity index (χ1) is 14.4. The fraction of sp³-hybridized carbons (Fsp3) is 0.292. The predicted octanol–water partition coefficient (Wildman–Crippen LogP) is 4.36. The van der Waals surface area contributed by atoms with Gasteiger partial charge < -0.3 is 9.30 Å². The topological polar surface area (TPSA) is 61.9 Å². The number of carbonyl (C=O) groups excluding carboxylic acids is 1. The van der Waals surface area contributed by atoms with Crippen LogP contribution in [0.2, 0.25) is 0 Å². The first-order valence-electron chi connectivity index (χ1n) is 10.1. The van der Waals surface area contributed by atoms with Gasteiger partial charge in [-0.15, -0.1) is 0 Å². The number of aromatic nitrogens is 4. The Morgan fingerprint density at radius 1 is 1.10 bits per heavy atom. The Balaban J connectivity index is 1.42. The lowest BCUT2D eigenvalue weighted by Gasteiger charge is -2.06. The van der Waals surface area contributed by atoms with Gasteiger partial charge in [0.25, 0.3) is 0 Å². The molecule has 0 fully saturated rings.